The summed E-state index contributed by atoms with van der Waals surface area (Å²) in [7, 11) is -1.45. The van der Waals surface area contributed by atoms with Crippen molar-refractivity contribution in [3.8, 4) is 0 Å². The molecule has 0 aliphatic carbocycles. The molecule has 8 heteroatoms. The first-order valence-electron chi connectivity index (χ1n) is 10.3. The van der Waals surface area contributed by atoms with Crippen LogP contribution in [0.25, 0.3) is 0 Å². The summed E-state index contributed by atoms with van der Waals surface area (Å²) in [5.74, 6) is 0.716. The van der Waals surface area contributed by atoms with Crippen molar-refractivity contribution in [3.05, 3.63) is 65.2 Å². The highest BCUT2D eigenvalue weighted by Crippen LogP contribution is 2.19. The lowest BCUT2D eigenvalue weighted by Gasteiger charge is -2.30. The number of aryl methyl sites for hydroxylation is 1. The van der Waals surface area contributed by atoms with E-state index in [9.17, 15) is 8.42 Å². The summed E-state index contributed by atoms with van der Waals surface area (Å²) in [4.78, 5) is 7.13. The second-order valence-electron chi connectivity index (χ2n) is 7.33. The molecule has 172 valence electrons. The van der Waals surface area contributed by atoms with Crippen molar-refractivity contribution in [3.63, 3.8) is 0 Å². The van der Waals surface area contributed by atoms with Crippen LogP contribution < -0.4 is 10.6 Å². The molecule has 0 amide bonds. The number of likely N-dealkylation sites (N-methyl/N-ethyl adjacent to an activating group) is 1. The largest absolute Gasteiger partial charge is 0.354 e. The van der Waals surface area contributed by atoms with Crippen molar-refractivity contribution < 1.29 is 8.42 Å². The molecule has 0 heterocycles. The van der Waals surface area contributed by atoms with Gasteiger partial charge in [-0.2, -0.15) is 0 Å². The van der Waals surface area contributed by atoms with Crippen LogP contribution in [0.1, 0.15) is 36.6 Å². The molecule has 6 nitrogen and oxygen atoms in total. The summed E-state index contributed by atoms with van der Waals surface area (Å²) in [5, 5.41) is 6.76. The van der Waals surface area contributed by atoms with E-state index >= 15 is 0 Å². The van der Waals surface area contributed by atoms with E-state index in [-0.39, 0.29) is 30.0 Å². The number of benzene rings is 2. The Bertz CT molecular complexity index is 945. The molecule has 0 aliphatic heterocycles. The highest BCUT2D eigenvalue weighted by molar-refractivity contribution is 14.0. The van der Waals surface area contributed by atoms with Crippen molar-refractivity contribution in [1.82, 2.24) is 15.5 Å². The minimum atomic E-state index is -3.21. The van der Waals surface area contributed by atoms with Crippen molar-refractivity contribution in [2.45, 2.75) is 38.3 Å². The van der Waals surface area contributed by atoms with Crippen LogP contribution in [0.5, 0.6) is 0 Å². The maximum Gasteiger partial charge on any atom is 0.191 e. The summed E-state index contributed by atoms with van der Waals surface area (Å²) in [6.45, 7) is 9.40. The van der Waals surface area contributed by atoms with Gasteiger partial charge in [-0.05, 0) is 42.8 Å². The summed E-state index contributed by atoms with van der Waals surface area (Å²) in [6, 6.07) is 16.2. The minimum absolute atomic E-state index is 0. The standard InChI is InChI=1S/C23H34N4O2S.HI/c1-6-27(7-2)21(20-11-9-8-10-12-20)17-26-23(24-4)25-16-19-13-14-22(18(3)15-19)30(5,28)29;/h8-15,21H,6-7,16-17H2,1-5H3,(H2,24,25,26);1H. The first-order chi connectivity index (χ1) is 14.3. The SMILES string of the molecule is CCN(CC)C(CNC(=NC)NCc1ccc(S(C)(=O)=O)c(C)c1)c1ccccc1.I. The number of guanidine groups is 1. The van der Waals surface area contributed by atoms with Gasteiger partial charge >= 0.3 is 0 Å². The molecule has 2 rings (SSSR count). The van der Waals surface area contributed by atoms with Gasteiger partial charge < -0.3 is 10.6 Å². The zero-order valence-electron chi connectivity index (χ0n) is 19.1. The van der Waals surface area contributed by atoms with E-state index in [1.165, 1.54) is 11.8 Å². The van der Waals surface area contributed by atoms with Crippen LogP contribution in [0, 0.1) is 6.92 Å². The van der Waals surface area contributed by atoms with Crippen molar-refractivity contribution in [2.75, 3.05) is 32.9 Å². The smallest absolute Gasteiger partial charge is 0.191 e. The summed E-state index contributed by atoms with van der Waals surface area (Å²) in [5.41, 5.74) is 3.03. The molecule has 0 bridgehead atoms. The van der Waals surface area contributed by atoms with Gasteiger partial charge in [0.2, 0.25) is 0 Å². The normalized spacial score (nSPS) is 12.9. The van der Waals surface area contributed by atoms with E-state index in [0.717, 1.165) is 30.8 Å². The predicted octanol–water partition coefficient (Wildman–Crippen LogP) is 3.76. The maximum absolute atomic E-state index is 11.8. The fourth-order valence-electron chi connectivity index (χ4n) is 3.63. The van der Waals surface area contributed by atoms with Crippen LogP contribution in [0.2, 0.25) is 0 Å². The van der Waals surface area contributed by atoms with Gasteiger partial charge in [0.05, 0.1) is 10.9 Å². The molecule has 2 aromatic rings. The first-order valence-corrected chi connectivity index (χ1v) is 12.2. The highest BCUT2D eigenvalue weighted by Gasteiger charge is 2.18. The fraction of sp³-hybridized carbons (Fsp3) is 0.435. The lowest BCUT2D eigenvalue weighted by molar-refractivity contribution is 0.219. The van der Waals surface area contributed by atoms with Crippen LogP contribution in [0.3, 0.4) is 0 Å². The van der Waals surface area contributed by atoms with E-state index in [0.29, 0.717) is 17.4 Å². The second-order valence-corrected chi connectivity index (χ2v) is 9.31. The van der Waals surface area contributed by atoms with Gasteiger partial charge in [-0.1, -0.05) is 56.3 Å². The van der Waals surface area contributed by atoms with Crippen LogP contribution in [0.15, 0.2) is 58.4 Å². The van der Waals surface area contributed by atoms with Gasteiger partial charge in [-0.3, -0.25) is 9.89 Å². The van der Waals surface area contributed by atoms with Crippen molar-refractivity contribution in [2.24, 2.45) is 4.99 Å². The highest BCUT2D eigenvalue weighted by atomic mass is 127. The van der Waals surface area contributed by atoms with E-state index in [2.05, 4.69) is 58.6 Å². The number of sulfone groups is 1. The molecule has 0 saturated carbocycles. The third-order valence-electron chi connectivity index (χ3n) is 5.22. The van der Waals surface area contributed by atoms with Crippen LogP contribution in [-0.2, 0) is 16.4 Å². The van der Waals surface area contributed by atoms with Gasteiger partial charge in [-0.15, -0.1) is 24.0 Å². The van der Waals surface area contributed by atoms with Crippen LogP contribution in [-0.4, -0.2) is 52.2 Å². The Morgan fingerprint density at radius 3 is 2.23 bits per heavy atom. The number of hydrogen-bond acceptors (Lipinski definition) is 4. The molecule has 0 aromatic heterocycles. The minimum Gasteiger partial charge on any atom is -0.354 e. The Morgan fingerprint density at radius 1 is 1.06 bits per heavy atom. The molecule has 0 spiro atoms. The molecular formula is C23H35IN4O2S. The summed E-state index contributed by atoms with van der Waals surface area (Å²) < 4.78 is 23.6. The number of nitrogens with zero attached hydrogens (tertiary/aromatic N) is 2. The molecular weight excluding hydrogens is 523 g/mol. The number of nitrogens with one attached hydrogen (secondary N) is 2. The Labute approximate surface area is 204 Å². The quantitative estimate of drug-likeness (QED) is 0.279. The lowest BCUT2D eigenvalue weighted by Crippen LogP contribution is -2.43. The van der Waals surface area contributed by atoms with Gasteiger partial charge in [-0.25, -0.2) is 8.42 Å². The van der Waals surface area contributed by atoms with Crippen LogP contribution in [0.4, 0.5) is 0 Å². The van der Waals surface area contributed by atoms with E-state index in [1.807, 2.05) is 25.1 Å². The van der Waals surface area contributed by atoms with Gasteiger partial charge in [0.25, 0.3) is 0 Å². The second kappa shape index (κ2) is 13.0. The van der Waals surface area contributed by atoms with Crippen molar-refractivity contribution >= 4 is 39.8 Å². The topological polar surface area (TPSA) is 73.8 Å². The number of aliphatic imine (C=N–C) groups is 1. The summed E-state index contributed by atoms with van der Waals surface area (Å²) in [6.07, 6.45) is 1.23. The Hall–Kier alpha value is -1.65. The molecule has 2 N–H and O–H groups in total. The number of halogens is 1. The zero-order valence-corrected chi connectivity index (χ0v) is 22.2. The molecule has 2 aromatic carbocycles. The van der Waals surface area contributed by atoms with Crippen LogP contribution >= 0.6 is 24.0 Å². The zero-order chi connectivity index (χ0) is 22.1. The van der Waals surface area contributed by atoms with E-state index in [4.69, 9.17) is 0 Å². The van der Waals surface area contributed by atoms with Gasteiger partial charge in [0.1, 0.15) is 0 Å². The molecule has 0 aliphatic rings. The monoisotopic (exact) mass is 558 g/mol. The average molecular weight is 559 g/mol. The average Bonchev–Trinajstić information content (AvgIpc) is 2.72. The lowest BCUT2D eigenvalue weighted by atomic mass is 10.1. The molecule has 0 fully saturated rings. The Kier molecular flexibility index (Phi) is 11.5. The molecule has 1 atom stereocenters. The Balaban J connectivity index is 0.00000480. The number of rotatable bonds is 9. The molecule has 0 radical (unpaired) electrons. The van der Waals surface area contributed by atoms with E-state index < -0.39 is 9.84 Å². The predicted molar refractivity (Wildman–Crippen MR) is 140 cm³/mol. The summed E-state index contributed by atoms with van der Waals surface area (Å²) >= 11 is 0. The third-order valence-corrected chi connectivity index (χ3v) is 6.48. The van der Waals surface area contributed by atoms with Gasteiger partial charge in [0.15, 0.2) is 15.8 Å². The fourth-order valence-corrected chi connectivity index (χ4v) is 4.59. The van der Waals surface area contributed by atoms with Gasteiger partial charge in [0, 0.05) is 26.4 Å². The molecule has 0 saturated heterocycles. The molecule has 31 heavy (non-hydrogen) atoms. The maximum atomic E-state index is 11.8. The van der Waals surface area contributed by atoms with E-state index in [1.54, 1.807) is 13.1 Å². The third kappa shape index (κ3) is 8.08. The Morgan fingerprint density at radius 2 is 1.71 bits per heavy atom. The van der Waals surface area contributed by atoms with Crippen molar-refractivity contribution in [1.29, 1.82) is 0 Å². The number of hydrogen-bond donors (Lipinski definition) is 2. The first kappa shape index (κ1) is 27.4. The molecule has 1 unspecified atom stereocenters.